The average molecular weight is 711 g/mol. The Hall–Kier alpha value is -2.71. The number of nitrogens with two attached hydrogens (primary N) is 1. The van der Waals surface area contributed by atoms with Crippen LogP contribution in [-0.2, 0) is 50.4 Å². The summed E-state index contributed by atoms with van der Waals surface area (Å²) in [5.41, 5.74) is 7.50. The van der Waals surface area contributed by atoms with Crippen LogP contribution in [-0.4, -0.2) is 103 Å². The zero-order valence-electron chi connectivity index (χ0n) is 24.1. The Kier molecular flexibility index (Phi) is 7.87. The predicted molar refractivity (Wildman–Crippen MR) is 163 cm³/mol. The van der Waals surface area contributed by atoms with Gasteiger partial charge >= 0.3 is 6.72 Å². The van der Waals surface area contributed by atoms with Gasteiger partial charge in [0.2, 0.25) is 7.57 Å². The maximum Gasteiger partial charge on any atom is 0.325 e. The van der Waals surface area contributed by atoms with Gasteiger partial charge in [-0.3, -0.25) is 13.7 Å². The molecule has 4 N–H and O–H groups in total. The van der Waals surface area contributed by atoms with Gasteiger partial charge in [0.05, 0.1) is 24.9 Å². The van der Waals surface area contributed by atoms with Gasteiger partial charge in [-0.2, -0.15) is 0 Å². The summed E-state index contributed by atoms with van der Waals surface area (Å²) in [6.07, 6.45) is -5.62. The molecule has 17 nitrogen and oxygen atoms in total. The lowest BCUT2D eigenvalue weighted by molar-refractivity contribution is -0.0565. The van der Waals surface area contributed by atoms with Gasteiger partial charge in [-0.15, -0.1) is 0 Å². The molecule has 0 amide bonds. The van der Waals surface area contributed by atoms with Gasteiger partial charge in [0.15, 0.2) is 36.3 Å². The minimum absolute atomic E-state index is 0.0597. The number of hydrogen-bond donors (Lipinski definition) is 3. The second-order valence-electron chi connectivity index (χ2n) is 11.4. The van der Waals surface area contributed by atoms with Crippen LogP contribution in [0.25, 0.3) is 22.2 Å². The molecule has 8 rings (SSSR count). The number of rotatable bonds is 2. The second kappa shape index (κ2) is 11.7. The van der Waals surface area contributed by atoms with Crippen molar-refractivity contribution in [2.24, 2.45) is 0 Å². The van der Waals surface area contributed by atoms with Gasteiger partial charge in [0, 0.05) is 12.7 Å². The van der Waals surface area contributed by atoms with E-state index in [1.54, 1.807) is 6.20 Å². The van der Waals surface area contributed by atoms with E-state index >= 15 is 8.78 Å². The van der Waals surface area contributed by atoms with Crippen LogP contribution in [0, 0.1) is 0 Å². The SMILES string of the molecule is [B]P1(=O)OC[C@H]2O[C@@H](n3cnc4c(N)ncnc43)C(F)C2OP(O)(=S)OC[C@H]2O[C@@H](n3cc4c5c(ncnc53)NCCC4)C(F)C2O1. The van der Waals surface area contributed by atoms with Crippen molar-refractivity contribution < 1.29 is 45.8 Å². The maximum atomic E-state index is 16.3. The fraction of sp³-hybridized carbons (Fsp3) is 0.542. The molecular weight excluding hydrogens is 685 g/mol. The van der Waals surface area contributed by atoms with Crippen molar-refractivity contribution in [3.05, 3.63) is 30.7 Å². The van der Waals surface area contributed by atoms with E-state index in [4.69, 9.17) is 52.7 Å². The number of nitrogen functional groups attached to an aromatic ring is 1. The van der Waals surface area contributed by atoms with Crippen molar-refractivity contribution in [3.63, 3.8) is 0 Å². The maximum absolute atomic E-state index is 16.3. The van der Waals surface area contributed by atoms with E-state index in [-0.39, 0.29) is 17.0 Å². The topological polar surface area (TPSA) is 205 Å². The number of anilines is 2. The Bertz CT molecular complexity index is 1960. The summed E-state index contributed by atoms with van der Waals surface area (Å²) in [5.74, 6) is 0.669. The highest BCUT2D eigenvalue weighted by atomic mass is 32.5. The number of nitrogens with one attached hydrogen (secondary N) is 1. The molecule has 6 unspecified atom stereocenters. The lowest BCUT2D eigenvalue weighted by Gasteiger charge is -2.29. The van der Waals surface area contributed by atoms with Gasteiger partial charge in [-0.05, 0) is 30.2 Å². The molecule has 248 valence electrons. The summed E-state index contributed by atoms with van der Waals surface area (Å²) < 4.78 is 82.5. The first-order valence-electron chi connectivity index (χ1n) is 14.5. The summed E-state index contributed by atoms with van der Waals surface area (Å²) in [6, 6.07) is 0. The van der Waals surface area contributed by atoms with Crippen molar-refractivity contribution in [2.45, 2.75) is 62.1 Å². The van der Waals surface area contributed by atoms with Crippen LogP contribution >= 0.6 is 14.2 Å². The molecule has 0 aliphatic carbocycles. The fourth-order valence-electron chi connectivity index (χ4n) is 6.31. The second-order valence-corrected chi connectivity index (χ2v) is 15.7. The highest BCUT2D eigenvalue weighted by Crippen LogP contribution is 2.54. The van der Waals surface area contributed by atoms with E-state index in [0.29, 0.717) is 24.4 Å². The van der Waals surface area contributed by atoms with E-state index in [1.165, 1.54) is 28.1 Å². The first-order valence-corrected chi connectivity index (χ1v) is 18.7. The molecule has 4 aromatic heterocycles. The standard InChI is InChI=1S/C24H26BF2N9O8P2S/c25-45(37)39-5-11-18(15(27)24(42-11)36-9-34-16-19(28)30-7-33-22(16)36)44-46(38,47)40-6-12-17(43-45)14(26)23(41-12)35-4-10-2-1-3-29-20-13(10)21(35)32-8-31-20/h4,7-9,11-12,14-15,17-18,23-24H,1-3,5-6H2,(H,38,47)(H2,28,30,33)(H,29,31,32)/t11-,12-,14?,15?,17?,18?,23-,24-,45?,46?/m1/s1. The van der Waals surface area contributed by atoms with Crippen LogP contribution in [0.4, 0.5) is 20.4 Å². The molecule has 47 heavy (non-hydrogen) atoms. The molecule has 0 bridgehead atoms. The Morgan fingerprint density at radius 3 is 2.45 bits per heavy atom. The van der Waals surface area contributed by atoms with Crippen LogP contribution in [0.15, 0.2) is 25.2 Å². The number of aryl methyl sites for hydroxylation is 1. The fourth-order valence-corrected chi connectivity index (χ4v) is 8.75. The minimum Gasteiger partial charge on any atom is -0.382 e. The highest BCUT2D eigenvalue weighted by Gasteiger charge is 2.53. The molecule has 0 aromatic carbocycles. The number of nitrogens with zero attached hydrogens (tertiary/aromatic N) is 7. The van der Waals surface area contributed by atoms with Crippen molar-refractivity contribution in [2.75, 3.05) is 30.8 Å². The van der Waals surface area contributed by atoms with Gasteiger partial charge in [-0.1, -0.05) is 0 Å². The Morgan fingerprint density at radius 1 is 0.979 bits per heavy atom. The molecule has 3 saturated heterocycles. The zero-order chi connectivity index (χ0) is 32.7. The first kappa shape index (κ1) is 31.6. The van der Waals surface area contributed by atoms with Crippen LogP contribution in [0.2, 0.25) is 0 Å². The molecule has 4 aliphatic rings. The third-order valence-corrected chi connectivity index (χ3v) is 11.0. The van der Waals surface area contributed by atoms with Crippen LogP contribution in [0.5, 0.6) is 0 Å². The third-order valence-electron chi connectivity index (χ3n) is 8.42. The predicted octanol–water partition coefficient (Wildman–Crippen LogP) is 1.99. The normalized spacial score (nSPS) is 37.9. The van der Waals surface area contributed by atoms with Crippen LogP contribution in [0.1, 0.15) is 24.4 Å². The Morgan fingerprint density at radius 2 is 1.66 bits per heavy atom. The molecule has 8 heterocycles. The van der Waals surface area contributed by atoms with Crippen molar-refractivity contribution >= 4 is 67.4 Å². The molecule has 23 heteroatoms. The van der Waals surface area contributed by atoms with E-state index < -0.39 is 76.6 Å². The van der Waals surface area contributed by atoms with Gasteiger partial charge in [0.25, 0.3) is 7.47 Å². The lowest BCUT2D eigenvalue weighted by Crippen LogP contribution is -2.37. The van der Waals surface area contributed by atoms with Gasteiger partial charge < -0.3 is 43.6 Å². The number of fused-ring (bicyclic) bond motifs is 3. The smallest absolute Gasteiger partial charge is 0.325 e. The summed E-state index contributed by atoms with van der Waals surface area (Å²) in [5, 5.41) is 3.96. The van der Waals surface area contributed by atoms with Crippen molar-refractivity contribution in [3.8, 4) is 0 Å². The number of alkyl halides is 2. The molecule has 3 fully saturated rings. The lowest BCUT2D eigenvalue weighted by atomic mass is 10.1. The van der Waals surface area contributed by atoms with Crippen LogP contribution in [0.3, 0.4) is 0 Å². The number of aromatic nitrogens is 7. The zero-order valence-corrected chi connectivity index (χ0v) is 26.7. The summed E-state index contributed by atoms with van der Waals surface area (Å²) >= 11 is 5.21. The molecule has 0 saturated carbocycles. The number of ether oxygens (including phenoxy) is 2. The third kappa shape index (κ3) is 5.55. The quantitative estimate of drug-likeness (QED) is 0.201. The van der Waals surface area contributed by atoms with E-state index in [1.807, 2.05) is 0 Å². The number of hydrogen-bond acceptors (Lipinski definition) is 15. The van der Waals surface area contributed by atoms with Gasteiger partial charge in [0.1, 0.15) is 54.1 Å². The number of halogens is 2. The average Bonchev–Trinajstić information content (AvgIpc) is 3.73. The Balaban J connectivity index is 1.08. The summed E-state index contributed by atoms with van der Waals surface area (Å²) in [4.78, 5) is 31.8. The first-order chi connectivity index (χ1) is 22.5. The molecular formula is C24H26BF2N9O8P2S. The van der Waals surface area contributed by atoms with E-state index in [9.17, 15) is 9.46 Å². The summed E-state index contributed by atoms with van der Waals surface area (Å²) in [6.45, 7) is -4.79. The monoisotopic (exact) mass is 711 g/mol. The van der Waals surface area contributed by atoms with Crippen molar-refractivity contribution in [1.29, 1.82) is 0 Å². The molecule has 2 radical (unpaired) electrons. The largest absolute Gasteiger partial charge is 0.382 e. The van der Waals surface area contributed by atoms with Crippen molar-refractivity contribution in [1.82, 2.24) is 34.1 Å². The number of imidazole rings is 1. The summed E-state index contributed by atoms with van der Waals surface area (Å²) in [7, 11) is 1.37. The van der Waals surface area contributed by atoms with Gasteiger partial charge in [-0.25, -0.2) is 33.7 Å². The molecule has 4 aliphatic heterocycles. The highest BCUT2D eigenvalue weighted by molar-refractivity contribution is 8.07. The van der Waals surface area contributed by atoms with E-state index in [0.717, 1.165) is 17.4 Å². The Labute approximate surface area is 270 Å². The minimum atomic E-state index is -4.56. The molecule has 4 aromatic rings. The molecule has 0 spiro atoms. The van der Waals surface area contributed by atoms with Crippen LogP contribution < -0.4 is 11.1 Å². The van der Waals surface area contributed by atoms with E-state index in [2.05, 4.69) is 30.2 Å². The molecule has 10 atom stereocenters.